The van der Waals surface area contributed by atoms with Gasteiger partial charge in [-0.15, -0.1) is 0 Å². The number of amides is 1. The molecule has 7 nitrogen and oxygen atoms in total. The Morgan fingerprint density at radius 3 is 2.62 bits per heavy atom. The molecule has 2 aromatic carbocycles. The fraction of sp³-hybridized carbons (Fsp3) is 0.0588. The number of aromatic amines is 1. The lowest BCUT2D eigenvalue weighted by Crippen LogP contribution is -2.16. The van der Waals surface area contributed by atoms with E-state index in [4.69, 9.17) is 16.7 Å². The summed E-state index contributed by atoms with van der Waals surface area (Å²) in [6.45, 7) is 0. The van der Waals surface area contributed by atoms with Crippen LogP contribution in [-0.4, -0.2) is 24.5 Å². The van der Waals surface area contributed by atoms with Crippen LogP contribution in [0.1, 0.15) is 5.56 Å². The van der Waals surface area contributed by atoms with E-state index in [1.54, 1.807) is 36.4 Å². The molecule has 3 aromatic rings. The summed E-state index contributed by atoms with van der Waals surface area (Å²) in [7, 11) is -3.95. The van der Waals surface area contributed by atoms with Gasteiger partial charge in [0.05, 0.1) is 17.0 Å². The van der Waals surface area contributed by atoms with Crippen LogP contribution < -0.4 is 10.5 Å². The molecule has 3 rings (SSSR count). The number of rotatable bonds is 5. The first kappa shape index (κ1) is 18.1. The highest BCUT2D eigenvalue weighted by Crippen LogP contribution is 2.25. The van der Waals surface area contributed by atoms with E-state index in [9.17, 15) is 13.2 Å². The predicted octanol–water partition coefficient (Wildman–Crippen LogP) is 2.56. The zero-order valence-corrected chi connectivity index (χ0v) is 15.0. The minimum Gasteiger partial charge on any atom is -0.326 e. The number of nitrogens with two attached hydrogens (primary N) is 1. The Hall–Kier alpha value is -2.68. The van der Waals surface area contributed by atoms with Gasteiger partial charge in [0.25, 0.3) is 0 Å². The van der Waals surface area contributed by atoms with Crippen molar-refractivity contribution in [3.8, 4) is 11.3 Å². The second kappa shape index (κ2) is 7.28. The van der Waals surface area contributed by atoms with Crippen molar-refractivity contribution < 1.29 is 13.2 Å². The second-order valence-corrected chi connectivity index (χ2v) is 7.55. The second-order valence-electron chi connectivity index (χ2n) is 5.58. The number of sulfonamides is 1. The number of aromatic nitrogens is 2. The molecule has 0 fully saturated rings. The molecule has 0 atom stereocenters. The summed E-state index contributed by atoms with van der Waals surface area (Å²) in [5, 5.41) is 15.0. The van der Waals surface area contributed by atoms with E-state index in [0.29, 0.717) is 27.5 Å². The summed E-state index contributed by atoms with van der Waals surface area (Å²) in [5.41, 5.74) is 2.10. The van der Waals surface area contributed by atoms with Crippen molar-refractivity contribution in [2.75, 3.05) is 5.32 Å². The highest BCUT2D eigenvalue weighted by atomic mass is 35.5. The van der Waals surface area contributed by atoms with Gasteiger partial charge in [-0.05, 0) is 35.9 Å². The number of nitrogens with one attached hydrogen (secondary N) is 2. The maximum atomic E-state index is 12.3. The van der Waals surface area contributed by atoms with Crippen LogP contribution in [0.3, 0.4) is 0 Å². The van der Waals surface area contributed by atoms with E-state index in [0.717, 1.165) is 0 Å². The van der Waals surface area contributed by atoms with E-state index in [-0.39, 0.29) is 17.2 Å². The standard InChI is InChI=1S/C17H15ClN4O3S/c18-15-4-2-1-3-11(15)9-17(23)21-13-7-12(16-5-6-20-22-16)8-14(10-13)26(19,24)25/h1-8,10H,9H2,(H,20,22)(H,21,23)(H2,19,24,25). The van der Waals surface area contributed by atoms with E-state index in [2.05, 4.69) is 15.5 Å². The first-order valence-electron chi connectivity index (χ1n) is 7.54. The van der Waals surface area contributed by atoms with Crippen molar-refractivity contribution in [3.63, 3.8) is 0 Å². The first-order valence-corrected chi connectivity index (χ1v) is 9.46. The number of carbonyl (C=O) groups is 1. The van der Waals surface area contributed by atoms with Gasteiger partial charge in [0.15, 0.2) is 0 Å². The first-order chi connectivity index (χ1) is 12.3. The Morgan fingerprint density at radius 1 is 1.19 bits per heavy atom. The van der Waals surface area contributed by atoms with Gasteiger partial charge in [-0.2, -0.15) is 5.10 Å². The summed E-state index contributed by atoms with van der Waals surface area (Å²) >= 11 is 6.06. The molecule has 0 radical (unpaired) electrons. The van der Waals surface area contributed by atoms with Gasteiger partial charge in [0.1, 0.15) is 0 Å². The average Bonchev–Trinajstić information content (AvgIpc) is 3.10. The zero-order chi connectivity index (χ0) is 18.7. The number of carbonyl (C=O) groups excluding carboxylic acids is 1. The lowest BCUT2D eigenvalue weighted by atomic mass is 10.1. The van der Waals surface area contributed by atoms with E-state index in [1.807, 2.05) is 0 Å². The highest BCUT2D eigenvalue weighted by molar-refractivity contribution is 7.89. The Balaban J connectivity index is 1.90. The molecule has 9 heteroatoms. The fourth-order valence-electron chi connectivity index (χ4n) is 2.43. The van der Waals surface area contributed by atoms with Crippen molar-refractivity contribution >= 4 is 33.2 Å². The summed E-state index contributed by atoms with van der Waals surface area (Å²) in [6.07, 6.45) is 1.59. The van der Waals surface area contributed by atoms with E-state index < -0.39 is 10.0 Å². The molecule has 0 aliphatic carbocycles. The number of nitrogens with zero attached hydrogens (tertiary/aromatic N) is 1. The molecule has 26 heavy (non-hydrogen) atoms. The van der Waals surface area contributed by atoms with Crippen molar-refractivity contribution in [1.82, 2.24) is 10.2 Å². The number of hydrogen-bond donors (Lipinski definition) is 3. The normalized spacial score (nSPS) is 11.3. The lowest BCUT2D eigenvalue weighted by molar-refractivity contribution is -0.115. The molecule has 4 N–H and O–H groups in total. The Morgan fingerprint density at radius 2 is 1.96 bits per heavy atom. The summed E-state index contributed by atoms with van der Waals surface area (Å²) < 4.78 is 23.5. The molecule has 1 aromatic heterocycles. The molecule has 0 bridgehead atoms. The highest BCUT2D eigenvalue weighted by Gasteiger charge is 2.14. The van der Waals surface area contributed by atoms with Gasteiger partial charge in [0, 0.05) is 22.5 Å². The molecule has 0 spiro atoms. The average molecular weight is 391 g/mol. The maximum absolute atomic E-state index is 12.3. The number of H-pyrrole nitrogens is 1. The van der Waals surface area contributed by atoms with Gasteiger partial charge >= 0.3 is 0 Å². The number of benzene rings is 2. The quantitative estimate of drug-likeness (QED) is 0.620. The molecule has 0 unspecified atom stereocenters. The van der Waals surface area contributed by atoms with E-state index in [1.165, 1.54) is 18.3 Å². The van der Waals surface area contributed by atoms with Gasteiger partial charge in [0.2, 0.25) is 15.9 Å². The third-order valence-electron chi connectivity index (χ3n) is 3.64. The molecule has 1 heterocycles. The van der Waals surface area contributed by atoms with Crippen LogP contribution in [0.15, 0.2) is 59.6 Å². The van der Waals surface area contributed by atoms with Crippen LogP contribution in [0.2, 0.25) is 5.02 Å². The fourth-order valence-corrected chi connectivity index (χ4v) is 3.21. The Labute approximate surface area is 155 Å². The Kier molecular flexibility index (Phi) is 5.08. The van der Waals surface area contributed by atoms with Crippen LogP contribution >= 0.6 is 11.6 Å². The van der Waals surface area contributed by atoms with Gasteiger partial charge < -0.3 is 5.32 Å². The molecular formula is C17H15ClN4O3S. The SMILES string of the molecule is NS(=O)(=O)c1cc(NC(=O)Cc2ccccc2Cl)cc(-c2ccn[nH]2)c1. The number of hydrogen-bond acceptors (Lipinski definition) is 4. The van der Waals surface area contributed by atoms with Gasteiger partial charge in [-0.25, -0.2) is 13.6 Å². The minimum atomic E-state index is -3.95. The number of anilines is 1. The molecule has 1 amide bonds. The summed E-state index contributed by atoms with van der Waals surface area (Å²) in [4.78, 5) is 12.2. The lowest BCUT2D eigenvalue weighted by Gasteiger charge is -2.10. The van der Waals surface area contributed by atoms with Crippen molar-refractivity contribution in [3.05, 3.63) is 65.3 Å². The molecule has 0 saturated heterocycles. The van der Waals surface area contributed by atoms with Crippen LogP contribution in [0.4, 0.5) is 5.69 Å². The van der Waals surface area contributed by atoms with Gasteiger partial charge in [-0.1, -0.05) is 29.8 Å². The Bertz CT molecular complexity index is 1050. The molecule has 0 aliphatic heterocycles. The van der Waals surface area contributed by atoms with Crippen LogP contribution in [0, 0.1) is 0 Å². The number of halogens is 1. The van der Waals surface area contributed by atoms with Crippen LogP contribution in [0.5, 0.6) is 0 Å². The van der Waals surface area contributed by atoms with Crippen molar-refractivity contribution in [1.29, 1.82) is 0 Å². The largest absolute Gasteiger partial charge is 0.326 e. The summed E-state index contributed by atoms with van der Waals surface area (Å²) in [5.74, 6) is -0.333. The monoisotopic (exact) mass is 390 g/mol. The third kappa shape index (κ3) is 4.29. The minimum absolute atomic E-state index is 0.0542. The maximum Gasteiger partial charge on any atom is 0.238 e. The van der Waals surface area contributed by atoms with Crippen LogP contribution in [-0.2, 0) is 21.2 Å². The van der Waals surface area contributed by atoms with Crippen LogP contribution in [0.25, 0.3) is 11.3 Å². The zero-order valence-electron chi connectivity index (χ0n) is 13.4. The topological polar surface area (TPSA) is 118 Å². The number of primary sulfonamides is 1. The molecule has 0 saturated carbocycles. The van der Waals surface area contributed by atoms with Crippen molar-refractivity contribution in [2.24, 2.45) is 5.14 Å². The third-order valence-corrected chi connectivity index (χ3v) is 4.90. The summed E-state index contributed by atoms with van der Waals surface area (Å²) in [6, 6.07) is 13.0. The molecule has 134 valence electrons. The van der Waals surface area contributed by atoms with Crippen molar-refractivity contribution in [2.45, 2.75) is 11.3 Å². The molecular weight excluding hydrogens is 376 g/mol. The molecule has 0 aliphatic rings. The van der Waals surface area contributed by atoms with E-state index >= 15 is 0 Å². The predicted molar refractivity (Wildman–Crippen MR) is 99.2 cm³/mol. The van der Waals surface area contributed by atoms with Gasteiger partial charge in [-0.3, -0.25) is 9.89 Å². The smallest absolute Gasteiger partial charge is 0.238 e.